The Hall–Kier alpha value is -3.10. The molecule has 1 unspecified atom stereocenters. The molecule has 2 aromatic rings. The van der Waals surface area contributed by atoms with Crippen molar-refractivity contribution < 1.29 is 19.4 Å². The highest BCUT2D eigenvalue weighted by atomic mass is 16.5. The van der Waals surface area contributed by atoms with Crippen LogP contribution in [0.4, 0.5) is 0 Å². The van der Waals surface area contributed by atoms with E-state index in [1.807, 2.05) is 35.9 Å². The van der Waals surface area contributed by atoms with E-state index in [0.717, 1.165) is 5.56 Å². The largest absolute Gasteiger partial charge is 0.489 e. The first kappa shape index (κ1) is 22.2. The van der Waals surface area contributed by atoms with E-state index < -0.39 is 17.2 Å². The number of amidine groups is 1. The third-order valence-corrected chi connectivity index (χ3v) is 4.05. The van der Waals surface area contributed by atoms with E-state index in [-0.39, 0.29) is 12.3 Å². The predicted octanol–water partition coefficient (Wildman–Crippen LogP) is 2.18. The molecule has 0 bridgehead atoms. The first-order chi connectivity index (χ1) is 13.7. The number of nitrogens with one attached hydrogen (secondary N) is 1. The SMILES string of the molecule is CC(C)(C)OC(Cc1ccc(OCc2ccccc2)cc1)(C(=O)O)/C(N)=N/NN. The Morgan fingerprint density at radius 1 is 1.07 bits per heavy atom. The maximum atomic E-state index is 12.2. The van der Waals surface area contributed by atoms with E-state index in [0.29, 0.717) is 17.9 Å². The Bertz CT molecular complexity index is 832. The molecule has 0 aliphatic carbocycles. The Morgan fingerprint density at radius 2 is 1.69 bits per heavy atom. The molecule has 2 rings (SSSR count). The van der Waals surface area contributed by atoms with Crippen molar-refractivity contribution in [3.8, 4) is 5.75 Å². The first-order valence-corrected chi connectivity index (χ1v) is 9.15. The summed E-state index contributed by atoms with van der Waals surface area (Å²) in [6.45, 7) is 5.67. The summed E-state index contributed by atoms with van der Waals surface area (Å²) in [7, 11) is 0. The second-order valence-corrected chi connectivity index (χ2v) is 7.57. The lowest BCUT2D eigenvalue weighted by atomic mass is 9.91. The van der Waals surface area contributed by atoms with Crippen LogP contribution in [0.15, 0.2) is 59.7 Å². The van der Waals surface area contributed by atoms with Gasteiger partial charge in [-0.1, -0.05) is 42.5 Å². The molecule has 0 heterocycles. The number of hydrogen-bond acceptors (Lipinski definition) is 6. The maximum Gasteiger partial charge on any atom is 0.344 e. The fourth-order valence-electron chi connectivity index (χ4n) is 2.82. The summed E-state index contributed by atoms with van der Waals surface area (Å²) in [5.41, 5.74) is 7.06. The van der Waals surface area contributed by atoms with Crippen molar-refractivity contribution in [3.05, 3.63) is 65.7 Å². The van der Waals surface area contributed by atoms with Gasteiger partial charge in [-0.2, -0.15) is 0 Å². The lowest BCUT2D eigenvalue weighted by Crippen LogP contribution is -2.58. The Labute approximate surface area is 170 Å². The van der Waals surface area contributed by atoms with E-state index in [1.54, 1.807) is 45.0 Å². The summed E-state index contributed by atoms with van der Waals surface area (Å²) >= 11 is 0. The minimum atomic E-state index is -1.88. The quantitative estimate of drug-likeness (QED) is 0.219. The number of carboxylic acid groups (broad SMARTS) is 1. The van der Waals surface area contributed by atoms with Gasteiger partial charge in [0, 0.05) is 6.42 Å². The molecule has 0 aliphatic heterocycles. The number of hydrogen-bond donors (Lipinski definition) is 4. The topological polar surface area (TPSA) is 132 Å². The Kier molecular flexibility index (Phi) is 7.19. The molecule has 8 nitrogen and oxygen atoms in total. The van der Waals surface area contributed by atoms with Gasteiger partial charge < -0.3 is 20.3 Å². The van der Waals surface area contributed by atoms with Gasteiger partial charge in [-0.05, 0) is 44.0 Å². The van der Waals surface area contributed by atoms with Gasteiger partial charge in [0.1, 0.15) is 12.4 Å². The molecule has 0 aromatic heterocycles. The van der Waals surface area contributed by atoms with Gasteiger partial charge in [-0.3, -0.25) is 0 Å². The molecule has 29 heavy (non-hydrogen) atoms. The number of carbonyl (C=O) groups is 1. The molecule has 0 amide bonds. The standard InChI is InChI=1S/C21H28N4O4/c1-20(2,3)29-21(19(26)27,18(22)24-25-23)13-15-9-11-17(12-10-15)28-14-16-7-5-4-6-8-16/h4-12,25H,13-14,23H2,1-3H3,(H2,22,24)(H,26,27). The monoisotopic (exact) mass is 400 g/mol. The fraction of sp³-hybridized carbons (Fsp3) is 0.333. The van der Waals surface area contributed by atoms with Crippen molar-refractivity contribution >= 4 is 11.8 Å². The molecule has 8 heteroatoms. The summed E-state index contributed by atoms with van der Waals surface area (Å²) in [4.78, 5) is 12.2. The molecule has 0 radical (unpaired) electrons. The van der Waals surface area contributed by atoms with Gasteiger partial charge >= 0.3 is 5.97 Å². The van der Waals surface area contributed by atoms with Crippen molar-refractivity contribution in [2.24, 2.45) is 16.7 Å². The number of hydrazine groups is 1. The van der Waals surface area contributed by atoms with Crippen LogP contribution in [-0.2, 0) is 22.6 Å². The number of ether oxygens (including phenoxy) is 2. The fourth-order valence-corrected chi connectivity index (χ4v) is 2.82. The zero-order chi connectivity index (χ0) is 21.5. The van der Waals surface area contributed by atoms with Crippen molar-refractivity contribution in [2.75, 3.05) is 0 Å². The molecule has 0 saturated carbocycles. The van der Waals surface area contributed by atoms with E-state index in [9.17, 15) is 9.90 Å². The molecule has 1 atom stereocenters. The van der Waals surface area contributed by atoms with Crippen LogP contribution in [0.2, 0.25) is 0 Å². The van der Waals surface area contributed by atoms with Crippen LogP contribution in [-0.4, -0.2) is 28.1 Å². The molecule has 2 aromatic carbocycles. The summed E-state index contributed by atoms with van der Waals surface area (Å²) in [5, 5.41) is 13.6. The number of hydrazone groups is 1. The van der Waals surface area contributed by atoms with Crippen LogP contribution in [0.3, 0.4) is 0 Å². The highest BCUT2D eigenvalue weighted by molar-refractivity contribution is 6.07. The van der Waals surface area contributed by atoms with Gasteiger partial charge in [0.25, 0.3) is 0 Å². The van der Waals surface area contributed by atoms with Gasteiger partial charge in [0.05, 0.1) is 5.60 Å². The highest BCUT2D eigenvalue weighted by Gasteiger charge is 2.47. The third kappa shape index (κ3) is 6.20. The van der Waals surface area contributed by atoms with Crippen LogP contribution < -0.4 is 21.8 Å². The molecule has 156 valence electrons. The molecular formula is C21H28N4O4. The number of rotatable bonds is 9. The minimum absolute atomic E-state index is 0.0322. The molecule has 0 saturated heterocycles. The zero-order valence-corrected chi connectivity index (χ0v) is 16.9. The lowest BCUT2D eigenvalue weighted by molar-refractivity contribution is -0.170. The average Bonchev–Trinajstić information content (AvgIpc) is 2.66. The van der Waals surface area contributed by atoms with Gasteiger partial charge in [-0.25, -0.2) is 16.2 Å². The first-order valence-electron chi connectivity index (χ1n) is 9.15. The van der Waals surface area contributed by atoms with Crippen LogP contribution in [0.5, 0.6) is 5.75 Å². The number of aliphatic carboxylic acids is 1. The van der Waals surface area contributed by atoms with Crippen LogP contribution in [0.25, 0.3) is 0 Å². The smallest absolute Gasteiger partial charge is 0.344 e. The summed E-state index contributed by atoms with van der Waals surface area (Å²) in [6.07, 6.45) is -0.0322. The Morgan fingerprint density at radius 3 is 2.21 bits per heavy atom. The number of nitrogens with zero attached hydrogens (tertiary/aromatic N) is 1. The van der Waals surface area contributed by atoms with Crippen molar-refractivity contribution in [1.29, 1.82) is 0 Å². The van der Waals surface area contributed by atoms with Crippen LogP contribution >= 0.6 is 0 Å². The van der Waals surface area contributed by atoms with Crippen molar-refractivity contribution in [2.45, 2.75) is 45.0 Å². The zero-order valence-electron chi connectivity index (χ0n) is 16.9. The van der Waals surface area contributed by atoms with Crippen molar-refractivity contribution in [1.82, 2.24) is 5.53 Å². The third-order valence-electron chi connectivity index (χ3n) is 4.05. The average molecular weight is 400 g/mol. The predicted molar refractivity (Wildman–Crippen MR) is 111 cm³/mol. The number of nitrogens with two attached hydrogens (primary N) is 2. The number of carboxylic acids is 1. The summed E-state index contributed by atoms with van der Waals surface area (Å²) < 4.78 is 11.6. The van der Waals surface area contributed by atoms with Gasteiger partial charge in [0.15, 0.2) is 5.84 Å². The van der Waals surface area contributed by atoms with Crippen molar-refractivity contribution in [3.63, 3.8) is 0 Å². The molecular weight excluding hydrogens is 372 g/mol. The van der Waals surface area contributed by atoms with E-state index >= 15 is 0 Å². The van der Waals surface area contributed by atoms with Crippen LogP contribution in [0.1, 0.15) is 31.9 Å². The van der Waals surface area contributed by atoms with E-state index in [1.165, 1.54) is 0 Å². The maximum absolute atomic E-state index is 12.2. The molecule has 0 fully saturated rings. The van der Waals surface area contributed by atoms with Gasteiger partial charge in [-0.15, -0.1) is 5.10 Å². The molecule has 0 aliphatic rings. The second-order valence-electron chi connectivity index (χ2n) is 7.57. The summed E-state index contributed by atoms with van der Waals surface area (Å²) in [6, 6.07) is 16.9. The normalized spacial score (nSPS) is 14.1. The summed E-state index contributed by atoms with van der Waals surface area (Å²) in [5.74, 6) is 4.34. The minimum Gasteiger partial charge on any atom is -0.489 e. The van der Waals surface area contributed by atoms with E-state index in [2.05, 4.69) is 5.10 Å². The van der Waals surface area contributed by atoms with E-state index in [4.69, 9.17) is 21.1 Å². The second kappa shape index (κ2) is 9.40. The Balaban J connectivity index is 2.21. The molecule has 6 N–H and O–H groups in total. The lowest BCUT2D eigenvalue weighted by Gasteiger charge is -2.35. The molecule has 0 spiro atoms. The van der Waals surface area contributed by atoms with Gasteiger partial charge in [0.2, 0.25) is 5.60 Å². The number of benzene rings is 2. The highest BCUT2D eigenvalue weighted by Crippen LogP contribution is 2.27. The van der Waals surface area contributed by atoms with Crippen LogP contribution in [0, 0.1) is 0 Å².